The van der Waals surface area contributed by atoms with E-state index in [9.17, 15) is 9.59 Å². The van der Waals surface area contributed by atoms with Gasteiger partial charge in [-0.1, -0.05) is 50.6 Å². The van der Waals surface area contributed by atoms with Crippen molar-refractivity contribution in [1.82, 2.24) is 10.2 Å². The molecule has 0 radical (unpaired) electrons. The van der Waals surface area contributed by atoms with Crippen LogP contribution in [-0.2, 0) is 4.79 Å². The molecule has 0 aromatic heterocycles. The predicted octanol–water partition coefficient (Wildman–Crippen LogP) is 2.90. The number of carbonyl (C=O) groups is 2. The Kier molecular flexibility index (Phi) is 3.70. The van der Waals surface area contributed by atoms with Gasteiger partial charge < -0.3 is 5.32 Å². The predicted molar refractivity (Wildman–Crippen MR) is 80.8 cm³/mol. The number of hydrogen-bond acceptors (Lipinski definition) is 2. The third-order valence-electron chi connectivity index (χ3n) is 4.96. The van der Waals surface area contributed by atoms with E-state index in [2.05, 4.69) is 17.4 Å². The molecule has 0 bridgehead atoms. The maximum absolute atomic E-state index is 12.4. The summed E-state index contributed by atoms with van der Waals surface area (Å²) in [7, 11) is 0. The molecule has 1 N–H and O–H groups in total. The molecular formula is C17H22N2O2. The van der Waals surface area contributed by atoms with E-state index in [1.54, 1.807) is 0 Å². The van der Waals surface area contributed by atoms with Crippen LogP contribution in [0.15, 0.2) is 30.3 Å². The summed E-state index contributed by atoms with van der Waals surface area (Å²) in [4.78, 5) is 26.0. The number of rotatable bonds is 4. The van der Waals surface area contributed by atoms with Gasteiger partial charge in [0.1, 0.15) is 6.04 Å². The summed E-state index contributed by atoms with van der Waals surface area (Å²) >= 11 is 0. The molecule has 2 atom stereocenters. The minimum absolute atomic E-state index is 0.0362. The van der Waals surface area contributed by atoms with Crippen molar-refractivity contribution in [2.75, 3.05) is 0 Å². The van der Waals surface area contributed by atoms with E-state index in [4.69, 9.17) is 0 Å². The molecule has 1 aromatic carbocycles. The van der Waals surface area contributed by atoms with Crippen LogP contribution in [0.1, 0.15) is 44.6 Å². The third kappa shape index (κ3) is 2.43. The fourth-order valence-electron chi connectivity index (χ4n) is 3.28. The van der Waals surface area contributed by atoms with Gasteiger partial charge in [-0.2, -0.15) is 0 Å². The van der Waals surface area contributed by atoms with E-state index in [1.807, 2.05) is 32.0 Å². The van der Waals surface area contributed by atoms with Gasteiger partial charge in [-0.05, 0) is 30.2 Å². The summed E-state index contributed by atoms with van der Waals surface area (Å²) in [6, 6.07) is 9.85. The second-order valence-electron chi connectivity index (χ2n) is 6.25. The summed E-state index contributed by atoms with van der Waals surface area (Å²) in [6.45, 7) is 4.06. The van der Waals surface area contributed by atoms with E-state index in [-0.39, 0.29) is 29.9 Å². The molecule has 1 aliphatic heterocycles. The van der Waals surface area contributed by atoms with Crippen molar-refractivity contribution >= 4 is 11.9 Å². The van der Waals surface area contributed by atoms with Gasteiger partial charge in [0.2, 0.25) is 0 Å². The first-order chi connectivity index (χ1) is 10.1. The molecule has 1 aliphatic carbocycles. The Hall–Kier alpha value is -1.84. The zero-order valence-electron chi connectivity index (χ0n) is 12.6. The lowest BCUT2D eigenvalue weighted by Gasteiger charge is -2.40. The number of amides is 3. The Morgan fingerprint density at radius 2 is 1.90 bits per heavy atom. The molecule has 3 rings (SSSR count). The van der Waals surface area contributed by atoms with Crippen LogP contribution in [0.25, 0.3) is 0 Å². The Labute approximate surface area is 125 Å². The summed E-state index contributed by atoms with van der Waals surface area (Å²) < 4.78 is 0. The summed E-state index contributed by atoms with van der Waals surface area (Å²) in [5, 5.41) is 2.85. The van der Waals surface area contributed by atoms with E-state index >= 15 is 0 Å². The average molecular weight is 286 g/mol. The summed E-state index contributed by atoms with van der Waals surface area (Å²) in [5.74, 6) is 0.627. The second kappa shape index (κ2) is 5.51. The highest BCUT2D eigenvalue weighted by Gasteiger charge is 2.47. The van der Waals surface area contributed by atoms with Gasteiger partial charge in [0.15, 0.2) is 0 Å². The molecule has 4 heteroatoms. The molecule has 0 spiro atoms. The van der Waals surface area contributed by atoms with Crippen molar-refractivity contribution in [3.05, 3.63) is 35.9 Å². The maximum atomic E-state index is 12.4. The number of imide groups is 1. The van der Waals surface area contributed by atoms with Gasteiger partial charge in [-0.25, -0.2) is 4.79 Å². The highest BCUT2D eigenvalue weighted by molar-refractivity contribution is 6.04. The topological polar surface area (TPSA) is 49.4 Å². The van der Waals surface area contributed by atoms with Crippen molar-refractivity contribution in [3.8, 4) is 0 Å². The van der Waals surface area contributed by atoms with Crippen molar-refractivity contribution in [3.63, 3.8) is 0 Å². The number of nitrogens with zero attached hydrogens (tertiary/aromatic N) is 1. The molecule has 2 aliphatic rings. The third-order valence-corrected chi connectivity index (χ3v) is 4.96. The lowest BCUT2D eigenvalue weighted by atomic mass is 9.75. The molecule has 3 amide bonds. The summed E-state index contributed by atoms with van der Waals surface area (Å²) in [6.07, 6.45) is 2.66. The van der Waals surface area contributed by atoms with E-state index in [1.165, 1.54) is 10.5 Å². The highest BCUT2D eigenvalue weighted by Crippen LogP contribution is 2.41. The van der Waals surface area contributed by atoms with Crippen LogP contribution in [0.2, 0.25) is 0 Å². The molecule has 0 unspecified atom stereocenters. The van der Waals surface area contributed by atoms with Crippen LogP contribution in [0.4, 0.5) is 4.79 Å². The van der Waals surface area contributed by atoms with E-state index < -0.39 is 0 Å². The zero-order valence-corrected chi connectivity index (χ0v) is 12.6. The molecule has 21 heavy (non-hydrogen) atoms. The lowest BCUT2D eigenvalue weighted by molar-refractivity contribution is -0.131. The summed E-state index contributed by atoms with van der Waals surface area (Å²) in [5.41, 5.74) is 1.30. The Morgan fingerprint density at radius 3 is 2.52 bits per heavy atom. The SMILES string of the molecule is CC[C@H](C)[C@@H]1NC(=O)N(C2CC(c3ccccc3)C2)C1=O. The smallest absolute Gasteiger partial charge is 0.325 e. The van der Waals surface area contributed by atoms with Gasteiger partial charge in [-0.15, -0.1) is 0 Å². The average Bonchev–Trinajstić information content (AvgIpc) is 2.74. The number of benzene rings is 1. The van der Waals surface area contributed by atoms with Crippen molar-refractivity contribution in [2.24, 2.45) is 5.92 Å². The molecular weight excluding hydrogens is 264 g/mol. The standard InChI is InChI=1S/C17H22N2O2/c1-3-11(2)15-16(20)19(17(21)18-15)14-9-13(10-14)12-7-5-4-6-8-12/h4-8,11,13-15H,3,9-10H2,1-2H3,(H,18,21)/t11-,13?,14?,15-/m0/s1. The van der Waals surface area contributed by atoms with Crippen molar-refractivity contribution in [1.29, 1.82) is 0 Å². The minimum atomic E-state index is -0.335. The second-order valence-corrected chi connectivity index (χ2v) is 6.25. The number of carbonyl (C=O) groups excluding carboxylic acids is 2. The largest absolute Gasteiger partial charge is 0.326 e. The van der Waals surface area contributed by atoms with Crippen LogP contribution >= 0.6 is 0 Å². The monoisotopic (exact) mass is 286 g/mol. The van der Waals surface area contributed by atoms with Crippen LogP contribution < -0.4 is 5.32 Å². The first-order valence-electron chi connectivity index (χ1n) is 7.80. The fourth-order valence-corrected chi connectivity index (χ4v) is 3.28. The molecule has 1 saturated carbocycles. The molecule has 4 nitrogen and oxygen atoms in total. The van der Waals surface area contributed by atoms with E-state index in [0.29, 0.717) is 5.92 Å². The first kappa shape index (κ1) is 14.1. The lowest BCUT2D eigenvalue weighted by Crippen LogP contribution is -2.47. The maximum Gasteiger partial charge on any atom is 0.325 e. The van der Waals surface area contributed by atoms with Crippen LogP contribution in [0.5, 0.6) is 0 Å². The van der Waals surface area contributed by atoms with Gasteiger partial charge in [0, 0.05) is 6.04 Å². The number of hydrogen-bond donors (Lipinski definition) is 1. The normalized spacial score (nSPS) is 30.0. The van der Waals surface area contributed by atoms with E-state index in [0.717, 1.165) is 19.3 Å². The quantitative estimate of drug-likeness (QED) is 0.865. The Morgan fingerprint density at radius 1 is 1.24 bits per heavy atom. The molecule has 2 fully saturated rings. The molecule has 1 aromatic rings. The van der Waals surface area contributed by atoms with Gasteiger partial charge in [0.25, 0.3) is 5.91 Å². The molecule has 112 valence electrons. The zero-order chi connectivity index (χ0) is 15.0. The first-order valence-corrected chi connectivity index (χ1v) is 7.80. The minimum Gasteiger partial charge on any atom is -0.326 e. The van der Waals surface area contributed by atoms with Crippen LogP contribution in [-0.4, -0.2) is 28.9 Å². The molecule has 1 heterocycles. The Balaban J connectivity index is 1.64. The van der Waals surface area contributed by atoms with Crippen LogP contribution in [0, 0.1) is 5.92 Å². The van der Waals surface area contributed by atoms with Crippen molar-refractivity contribution < 1.29 is 9.59 Å². The molecule has 1 saturated heterocycles. The highest BCUT2D eigenvalue weighted by atomic mass is 16.2. The fraction of sp³-hybridized carbons (Fsp3) is 0.529. The number of urea groups is 1. The Bertz CT molecular complexity index is 537. The van der Waals surface area contributed by atoms with Gasteiger partial charge >= 0.3 is 6.03 Å². The van der Waals surface area contributed by atoms with Gasteiger partial charge in [0.05, 0.1) is 0 Å². The number of nitrogens with one attached hydrogen (secondary N) is 1. The van der Waals surface area contributed by atoms with Crippen LogP contribution in [0.3, 0.4) is 0 Å². The van der Waals surface area contributed by atoms with Gasteiger partial charge in [-0.3, -0.25) is 9.69 Å². The van der Waals surface area contributed by atoms with Crippen molar-refractivity contribution in [2.45, 2.75) is 51.1 Å².